The summed E-state index contributed by atoms with van der Waals surface area (Å²) in [6.45, 7) is 7.23. The largest absolute Gasteiger partial charge is 0.303 e. The van der Waals surface area contributed by atoms with Gasteiger partial charge in [0, 0.05) is 19.1 Å². The molecule has 0 aromatic rings. The van der Waals surface area contributed by atoms with Crippen molar-refractivity contribution >= 4 is 5.78 Å². The van der Waals surface area contributed by atoms with Gasteiger partial charge in [0.1, 0.15) is 5.78 Å². The van der Waals surface area contributed by atoms with E-state index >= 15 is 0 Å². The van der Waals surface area contributed by atoms with E-state index in [-0.39, 0.29) is 6.04 Å². The molecule has 2 heterocycles. The third-order valence-electron chi connectivity index (χ3n) is 4.51. The zero-order chi connectivity index (χ0) is 11.7. The van der Waals surface area contributed by atoms with E-state index in [0.29, 0.717) is 5.78 Å². The number of carbonyl (C=O) groups excluding carboxylic acids is 1. The zero-order valence-electron chi connectivity index (χ0n) is 10.8. The van der Waals surface area contributed by atoms with Gasteiger partial charge in [-0.3, -0.25) is 9.69 Å². The lowest BCUT2D eigenvalue weighted by molar-refractivity contribution is -0.123. The smallest absolute Gasteiger partial charge is 0.146 e. The number of carbonyl (C=O) groups is 1. The molecule has 0 bridgehead atoms. The lowest BCUT2D eigenvalue weighted by atomic mass is 9.83. The first kappa shape index (κ1) is 12.1. The van der Waals surface area contributed by atoms with Crippen LogP contribution in [0, 0.1) is 5.92 Å². The summed E-state index contributed by atoms with van der Waals surface area (Å²) in [5, 5.41) is 0. The summed E-state index contributed by atoms with van der Waals surface area (Å²) >= 11 is 0. The number of hydrogen-bond acceptors (Lipinski definition) is 3. The fourth-order valence-electron chi connectivity index (χ4n) is 3.29. The van der Waals surface area contributed by atoms with Crippen molar-refractivity contribution in [3.8, 4) is 0 Å². The minimum absolute atomic E-state index is 0.119. The molecule has 0 amide bonds. The molecule has 3 heteroatoms. The van der Waals surface area contributed by atoms with Gasteiger partial charge in [-0.1, -0.05) is 0 Å². The van der Waals surface area contributed by atoms with Gasteiger partial charge in [0.25, 0.3) is 0 Å². The van der Waals surface area contributed by atoms with Crippen LogP contribution < -0.4 is 0 Å². The zero-order valence-corrected chi connectivity index (χ0v) is 10.8. The first-order valence-electron chi connectivity index (χ1n) is 6.54. The highest BCUT2D eigenvalue weighted by Gasteiger charge is 2.36. The monoisotopic (exact) mass is 224 g/mol. The Labute approximate surface area is 98.8 Å². The van der Waals surface area contributed by atoms with Gasteiger partial charge in [-0.25, -0.2) is 0 Å². The molecule has 0 N–H and O–H groups in total. The molecule has 0 radical (unpaired) electrons. The van der Waals surface area contributed by atoms with Gasteiger partial charge in [0.2, 0.25) is 0 Å². The molecule has 92 valence electrons. The Balaban J connectivity index is 1.97. The highest BCUT2D eigenvalue weighted by molar-refractivity contribution is 5.80. The summed E-state index contributed by atoms with van der Waals surface area (Å²) in [6.07, 6.45) is 3.90. The van der Waals surface area contributed by atoms with Crippen molar-refractivity contribution < 1.29 is 4.79 Å². The van der Waals surface area contributed by atoms with Gasteiger partial charge >= 0.3 is 0 Å². The number of likely N-dealkylation sites (tertiary alicyclic amines) is 2. The average molecular weight is 224 g/mol. The van der Waals surface area contributed by atoms with Crippen LogP contribution in [0.5, 0.6) is 0 Å². The molecule has 2 aliphatic heterocycles. The van der Waals surface area contributed by atoms with Crippen LogP contribution in [0.25, 0.3) is 0 Å². The van der Waals surface area contributed by atoms with Crippen LogP contribution in [0.1, 0.15) is 33.1 Å². The molecule has 3 atom stereocenters. The molecule has 2 rings (SSSR count). The average Bonchev–Trinajstić information content (AvgIpc) is 2.28. The topological polar surface area (TPSA) is 23.6 Å². The van der Waals surface area contributed by atoms with Crippen LogP contribution in [-0.4, -0.2) is 54.3 Å². The number of hydrogen-bond donors (Lipinski definition) is 0. The predicted molar refractivity (Wildman–Crippen MR) is 65.5 cm³/mol. The van der Waals surface area contributed by atoms with Crippen molar-refractivity contribution in [2.75, 3.05) is 26.7 Å². The lowest BCUT2D eigenvalue weighted by Crippen LogP contribution is -2.55. The molecule has 2 saturated heterocycles. The summed E-state index contributed by atoms with van der Waals surface area (Å²) in [5.74, 6) is 1.09. The molecule has 0 spiro atoms. The van der Waals surface area contributed by atoms with Crippen LogP contribution >= 0.6 is 0 Å². The van der Waals surface area contributed by atoms with Crippen molar-refractivity contribution in [2.45, 2.75) is 45.2 Å². The maximum absolute atomic E-state index is 11.4. The Hall–Kier alpha value is -0.410. The highest BCUT2D eigenvalue weighted by atomic mass is 16.1. The molecule has 3 nitrogen and oxygen atoms in total. The fourth-order valence-corrected chi connectivity index (χ4v) is 3.29. The Morgan fingerprint density at radius 3 is 2.75 bits per heavy atom. The predicted octanol–water partition coefficient (Wildman–Crippen LogP) is 1.38. The summed E-state index contributed by atoms with van der Waals surface area (Å²) in [4.78, 5) is 16.3. The minimum Gasteiger partial charge on any atom is -0.303 e. The third-order valence-corrected chi connectivity index (χ3v) is 4.51. The summed E-state index contributed by atoms with van der Waals surface area (Å²) in [5.41, 5.74) is 0. The first-order valence-corrected chi connectivity index (χ1v) is 6.54. The number of fused-ring (bicyclic) bond motifs is 1. The molecule has 2 aliphatic rings. The van der Waals surface area contributed by atoms with Crippen molar-refractivity contribution in [3.05, 3.63) is 0 Å². The number of Topliss-reactive ketones (excluding diaryl/α,β-unsaturated/α-hetero) is 1. The molecule has 0 aromatic carbocycles. The highest BCUT2D eigenvalue weighted by Crippen LogP contribution is 2.30. The Bertz CT molecular complexity index is 267. The second kappa shape index (κ2) is 4.84. The van der Waals surface area contributed by atoms with Crippen LogP contribution in [0.4, 0.5) is 0 Å². The van der Waals surface area contributed by atoms with E-state index in [1.807, 2.05) is 0 Å². The number of piperidine rings is 2. The van der Waals surface area contributed by atoms with Crippen molar-refractivity contribution in [2.24, 2.45) is 5.92 Å². The van der Waals surface area contributed by atoms with E-state index in [2.05, 4.69) is 23.8 Å². The van der Waals surface area contributed by atoms with E-state index in [1.165, 1.54) is 25.8 Å². The van der Waals surface area contributed by atoms with Gasteiger partial charge in [-0.15, -0.1) is 0 Å². The van der Waals surface area contributed by atoms with Gasteiger partial charge in [0.15, 0.2) is 0 Å². The molecule has 0 aromatic heterocycles. The van der Waals surface area contributed by atoms with Crippen LogP contribution in [0.2, 0.25) is 0 Å². The molecule has 2 fully saturated rings. The SMILES string of the molecule is CC(=O)C(C)N1CCC2C(CCCN2C)C1. The molecular weight excluding hydrogens is 200 g/mol. The molecule has 3 unspecified atom stereocenters. The molecule has 0 saturated carbocycles. The van der Waals surface area contributed by atoms with E-state index < -0.39 is 0 Å². The van der Waals surface area contributed by atoms with Gasteiger partial charge < -0.3 is 4.90 Å². The fraction of sp³-hybridized carbons (Fsp3) is 0.923. The van der Waals surface area contributed by atoms with E-state index in [4.69, 9.17) is 0 Å². The second-order valence-electron chi connectivity index (χ2n) is 5.52. The van der Waals surface area contributed by atoms with Crippen molar-refractivity contribution in [1.29, 1.82) is 0 Å². The van der Waals surface area contributed by atoms with Crippen LogP contribution in [-0.2, 0) is 4.79 Å². The van der Waals surface area contributed by atoms with E-state index in [1.54, 1.807) is 6.92 Å². The quantitative estimate of drug-likeness (QED) is 0.708. The van der Waals surface area contributed by atoms with Gasteiger partial charge in [0.05, 0.1) is 6.04 Å². The van der Waals surface area contributed by atoms with Gasteiger partial charge in [-0.05, 0) is 52.6 Å². The van der Waals surface area contributed by atoms with Gasteiger partial charge in [-0.2, -0.15) is 0 Å². The third kappa shape index (κ3) is 2.30. The number of ketones is 1. The van der Waals surface area contributed by atoms with E-state index in [0.717, 1.165) is 25.0 Å². The molecule has 16 heavy (non-hydrogen) atoms. The normalized spacial score (nSPS) is 34.4. The second-order valence-corrected chi connectivity index (χ2v) is 5.52. The number of rotatable bonds is 2. The summed E-state index contributed by atoms with van der Waals surface area (Å²) in [6, 6.07) is 0.886. The maximum Gasteiger partial charge on any atom is 0.146 e. The van der Waals surface area contributed by atoms with E-state index in [9.17, 15) is 4.79 Å². The summed E-state index contributed by atoms with van der Waals surface area (Å²) in [7, 11) is 2.25. The Morgan fingerprint density at radius 1 is 1.31 bits per heavy atom. The van der Waals surface area contributed by atoms with Crippen LogP contribution in [0.3, 0.4) is 0 Å². The van der Waals surface area contributed by atoms with Crippen molar-refractivity contribution in [1.82, 2.24) is 9.80 Å². The minimum atomic E-state index is 0.119. The van der Waals surface area contributed by atoms with Crippen molar-refractivity contribution in [3.63, 3.8) is 0 Å². The Morgan fingerprint density at radius 2 is 2.06 bits per heavy atom. The molecule has 0 aliphatic carbocycles. The lowest BCUT2D eigenvalue weighted by Gasteiger charge is -2.47. The first-order chi connectivity index (χ1) is 7.59. The van der Waals surface area contributed by atoms with Crippen LogP contribution in [0.15, 0.2) is 0 Å². The standard InChI is InChI=1S/C13H24N2O/c1-10(11(2)16)15-8-6-13-12(9-15)5-4-7-14(13)3/h10,12-13H,4-9H2,1-3H3. The summed E-state index contributed by atoms with van der Waals surface area (Å²) < 4.78 is 0. The number of nitrogens with zero attached hydrogens (tertiary/aromatic N) is 2. The Kier molecular flexibility index (Phi) is 3.65. The maximum atomic E-state index is 11.4. The molecular formula is C13H24N2O.